The summed E-state index contributed by atoms with van der Waals surface area (Å²) in [7, 11) is 0. The van der Waals surface area contributed by atoms with Crippen molar-refractivity contribution >= 4 is 23.5 Å². The average Bonchev–Trinajstić information content (AvgIpc) is 3.19. The molecule has 0 aliphatic heterocycles. The normalized spacial score (nSPS) is 12.7. The highest BCUT2D eigenvalue weighted by Gasteiger charge is 2.31. The van der Waals surface area contributed by atoms with Crippen LogP contribution in [0.15, 0.2) is 30.7 Å². The third-order valence-corrected chi connectivity index (χ3v) is 5.33. The van der Waals surface area contributed by atoms with E-state index in [4.69, 9.17) is 0 Å². The molecule has 0 aliphatic carbocycles. The molecule has 1 aromatic heterocycles. The number of anilines is 1. The minimum Gasteiger partial charge on any atom is -0.354 e. The van der Waals surface area contributed by atoms with Crippen molar-refractivity contribution in [1.29, 1.82) is 0 Å². The predicted molar refractivity (Wildman–Crippen MR) is 130 cm³/mol. The van der Waals surface area contributed by atoms with E-state index < -0.39 is 35.0 Å². The van der Waals surface area contributed by atoms with Crippen LogP contribution in [-0.4, -0.2) is 39.9 Å². The number of hydrogen-bond acceptors (Lipinski definition) is 4. The van der Waals surface area contributed by atoms with Gasteiger partial charge in [0.2, 0.25) is 17.7 Å². The first-order valence-corrected chi connectivity index (χ1v) is 11.6. The van der Waals surface area contributed by atoms with Gasteiger partial charge in [-0.05, 0) is 43.4 Å². The maximum atomic E-state index is 13.4. The summed E-state index contributed by atoms with van der Waals surface area (Å²) in [5.41, 5.74) is -0.846. The molecule has 0 aliphatic rings. The molecule has 0 spiro atoms. The number of aromatic nitrogens is 2. The number of carbonyl (C=O) groups is 3. The van der Waals surface area contributed by atoms with E-state index in [9.17, 15) is 23.2 Å². The van der Waals surface area contributed by atoms with Gasteiger partial charge in [0.1, 0.15) is 23.2 Å². The van der Waals surface area contributed by atoms with Gasteiger partial charge in [-0.3, -0.25) is 14.4 Å². The van der Waals surface area contributed by atoms with Crippen molar-refractivity contribution in [1.82, 2.24) is 20.2 Å². The van der Waals surface area contributed by atoms with Crippen LogP contribution >= 0.6 is 0 Å². The van der Waals surface area contributed by atoms with Crippen LogP contribution in [0.3, 0.4) is 0 Å². The van der Waals surface area contributed by atoms with Gasteiger partial charge >= 0.3 is 0 Å². The molecule has 1 atom stereocenters. The summed E-state index contributed by atoms with van der Waals surface area (Å²) >= 11 is 0. The van der Waals surface area contributed by atoms with Crippen molar-refractivity contribution in [2.24, 2.45) is 5.41 Å². The molecule has 1 aromatic carbocycles. The molecule has 3 amide bonds. The second kappa shape index (κ2) is 11.4. The molecule has 0 fully saturated rings. The first-order chi connectivity index (χ1) is 16.2. The largest absolute Gasteiger partial charge is 0.354 e. The van der Waals surface area contributed by atoms with Crippen LogP contribution in [0.1, 0.15) is 59.9 Å². The summed E-state index contributed by atoms with van der Waals surface area (Å²) in [5.74, 6) is -2.53. The third kappa shape index (κ3) is 8.45. The highest BCUT2D eigenvalue weighted by Crippen LogP contribution is 2.19. The van der Waals surface area contributed by atoms with Crippen LogP contribution in [0.4, 0.5) is 14.6 Å². The first-order valence-electron chi connectivity index (χ1n) is 11.6. The summed E-state index contributed by atoms with van der Waals surface area (Å²) in [6.45, 7) is 11.9. The Morgan fingerprint density at radius 1 is 1.06 bits per heavy atom. The van der Waals surface area contributed by atoms with E-state index in [1.54, 1.807) is 24.6 Å². The van der Waals surface area contributed by atoms with Crippen molar-refractivity contribution in [2.75, 3.05) is 11.9 Å². The number of rotatable bonds is 10. The molecule has 35 heavy (non-hydrogen) atoms. The minimum atomic E-state index is -0.946. The Hall–Kier alpha value is -3.30. The summed E-state index contributed by atoms with van der Waals surface area (Å²) in [6, 6.07) is 2.01. The molecule has 0 bridgehead atoms. The van der Waals surface area contributed by atoms with Gasteiger partial charge in [-0.15, -0.1) is 0 Å². The second-order valence-electron chi connectivity index (χ2n) is 10.3. The zero-order valence-electron chi connectivity index (χ0n) is 21.2. The molecule has 1 heterocycles. The van der Waals surface area contributed by atoms with Gasteiger partial charge in [0, 0.05) is 18.8 Å². The molecule has 0 radical (unpaired) electrons. The maximum absolute atomic E-state index is 13.4. The number of hydrogen-bond donors (Lipinski definition) is 3. The number of nitrogens with zero attached hydrogens (tertiary/aromatic N) is 2. The molecule has 2 rings (SSSR count). The van der Waals surface area contributed by atoms with Crippen LogP contribution in [0.5, 0.6) is 0 Å². The summed E-state index contributed by atoms with van der Waals surface area (Å²) in [5, 5.41) is 8.21. The monoisotopic (exact) mass is 491 g/mol. The highest BCUT2D eigenvalue weighted by molar-refractivity contribution is 5.96. The Morgan fingerprint density at radius 2 is 1.69 bits per heavy atom. The number of halogens is 2. The average molecular weight is 492 g/mol. The van der Waals surface area contributed by atoms with E-state index >= 15 is 0 Å². The standard InChI is InChI=1S/C25H35F2N5O3/c1-7-8-19(30-21(33)11-16-9-17(26)12-18(27)10-16)22(34)31-20-13-32(15-29-20)25(5,6)23(35)28-14-24(2,3)4/h9-10,12-13,15,19H,7-8,11,14H2,1-6H3,(H,28,35)(H,30,33)(H,31,34)/t19-/m0/s1. The van der Waals surface area contributed by atoms with Gasteiger partial charge in [-0.2, -0.15) is 0 Å². The number of carbonyl (C=O) groups excluding carboxylic acids is 3. The Morgan fingerprint density at radius 3 is 2.26 bits per heavy atom. The minimum absolute atomic E-state index is 0.0681. The molecular weight excluding hydrogens is 456 g/mol. The maximum Gasteiger partial charge on any atom is 0.248 e. The van der Waals surface area contributed by atoms with E-state index in [1.165, 1.54) is 6.33 Å². The number of imidazole rings is 1. The van der Waals surface area contributed by atoms with Gasteiger partial charge < -0.3 is 20.5 Å². The highest BCUT2D eigenvalue weighted by atomic mass is 19.1. The number of benzene rings is 1. The zero-order valence-corrected chi connectivity index (χ0v) is 21.2. The van der Waals surface area contributed by atoms with Crippen molar-refractivity contribution in [3.8, 4) is 0 Å². The molecule has 192 valence electrons. The Bertz CT molecular complexity index is 1040. The Balaban J connectivity index is 2.03. The van der Waals surface area contributed by atoms with Gasteiger partial charge in [0.05, 0.1) is 12.7 Å². The molecule has 3 N–H and O–H groups in total. The summed E-state index contributed by atoms with van der Waals surface area (Å²) < 4.78 is 28.4. The lowest BCUT2D eigenvalue weighted by Gasteiger charge is -2.27. The lowest BCUT2D eigenvalue weighted by atomic mass is 9.96. The Labute approximate surface area is 204 Å². The van der Waals surface area contributed by atoms with Gasteiger partial charge in [-0.25, -0.2) is 13.8 Å². The van der Waals surface area contributed by atoms with E-state index in [0.29, 0.717) is 19.4 Å². The van der Waals surface area contributed by atoms with Crippen molar-refractivity contribution in [2.45, 2.75) is 72.4 Å². The third-order valence-electron chi connectivity index (χ3n) is 5.33. The molecular formula is C25H35F2N5O3. The quantitative estimate of drug-likeness (QED) is 0.473. The van der Waals surface area contributed by atoms with Crippen LogP contribution in [0.25, 0.3) is 0 Å². The van der Waals surface area contributed by atoms with Crippen molar-refractivity contribution in [3.05, 3.63) is 47.9 Å². The first kappa shape index (κ1) is 27.9. The predicted octanol–water partition coefficient (Wildman–Crippen LogP) is 3.52. The zero-order chi connectivity index (χ0) is 26.4. The van der Waals surface area contributed by atoms with Gasteiger partial charge in [0.15, 0.2) is 5.82 Å². The Kier molecular flexibility index (Phi) is 9.12. The van der Waals surface area contributed by atoms with Crippen LogP contribution in [-0.2, 0) is 26.3 Å². The van der Waals surface area contributed by atoms with Gasteiger partial charge in [0.25, 0.3) is 0 Å². The lowest BCUT2D eigenvalue weighted by Crippen LogP contribution is -2.46. The van der Waals surface area contributed by atoms with Crippen molar-refractivity contribution in [3.63, 3.8) is 0 Å². The molecule has 0 saturated heterocycles. The molecule has 0 unspecified atom stereocenters. The molecule has 2 aromatic rings. The second-order valence-corrected chi connectivity index (χ2v) is 10.3. The summed E-state index contributed by atoms with van der Waals surface area (Å²) in [4.78, 5) is 42.1. The van der Waals surface area contributed by atoms with Crippen molar-refractivity contribution < 1.29 is 23.2 Å². The van der Waals surface area contributed by atoms with Gasteiger partial charge in [-0.1, -0.05) is 34.1 Å². The summed E-state index contributed by atoms with van der Waals surface area (Å²) in [6.07, 6.45) is 3.71. The van der Waals surface area contributed by atoms with Crippen LogP contribution < -0.4 is 16.0 Å². The van der Waals surface area contributed by atoms with Crippen LogP contribution in [0.2, 0.25) is 0 Å². The van der Waals surface area contributed by atoms with E-state index in [0.717, 1.165) is 18.2 Å². The fourth-order valence-corrected chi connectivity index (χ4v) is 3.29. The number of nitrogens with one attached hydrogen (secondary N) is 3. The van der Waals surface area contributed by atoms with E-state index in [-0.39, 0.29) is 29.1 Å². The SMILES string of the molecule is CCC[C@H](NC(=O)Cc1cc(F)cc(F)c1)C(=O)Nc1cn(C(C)(C)C(=O)NCC(C)(C)C)cn1. The van der Waals surface area contributed by atoms with E-state index in [2.05, 4.69) is 20.9 Å². The van der Waals surface area contributed by atoms with E-state index in [1.807, 2.05) is 27.7 Å². The fraction of sp³-hybridized carbons (Fsp3) is 0.520. The molecule has 8 nitrogen and oxygen atoms in total. The smallest absolute Gasteiger partial charge is 0.248 e. The van der Waals surface area contributed by atoms with Crippen LogP contribution in [0, 0.1) is 17.0 Å². The lowest BCUT2D eigenvalue weighted by molar-refractivity contribution is -0.128. The number of amides is 3. The fourth-order valence-electron chi connectivity index (χ4n) is 3.29. The molecule has 0 saturated carbocycles. The topological polar surface area (TPSA) is 105 Å². The molecule has 10 heteroatoms.